The number of hydrogen-bond acceptors (Lipinski definition) is 3. The molecule has 2 fully saturated rings. The first-order valence-electron chi connectivity index (χ1n) is 6.95. The zero-order valence-corrected chi connectivity index (χ0v) is 10.5. The number of β-amino-alcohol motifs (C(OH)–C–C–N with tert-alkyl or cyclic N) is 1. The average Bonchev–Trinajstić information content (AvgIpc) is 2.95. The van der Waals surface area contributed by atoms with E-state index in [-0.39, 0.29) is 18.1 Å². The molecule has 1 aliphatic heterocycles. The van der Waals surface area contributed by atoms with Crippen molar-refractivity contribution in [3.8, 4) is 0 Å². The Morgan fingerprint density at radius 2 is 2.12 bits per heavy atom. The third kappa shape index (κ3) is 3.96. The van der Waals surface area contributed by atoms with E-state index in [1.165, 1.54) is 32.1 Å². The van der Waals surface area contributed by atoms with Crippen LogP contribution >= 0.6 is 0 Å². The second kappa shape index (κ2) is 6.36. The maximum Gasteiger partial charge on any atom is 0.237 e. The van der Waals surface area contributed by atoms with Crippen LogP contribution in [-0.2, 0) is 4.79 Å². The van der Waals surface area contributed by atoms with E-state index in [9.17, 15) is 9.90 Å². The maximum absolute atomic E-state index is 11.7. The molecule has 0 aromatic carbocycles. The molecule has 4 nitrogen and oxygen atoms in total. The largest absolute Gasteiger partial charge is 0.392 e. The summed E-state index contributed by atoms with van der Waals surface area (Å²) in [6.07, 6.45) is 8.07. The molecule has 1 saturated carbocycles. The van der Waals surface area contributed by atoms with Gasteiger partial charge in [0.05, 0.1) is 12.1 Å². The van der Waals surface area contributed by atoms with Crippen molar-refractivity contribution in [1.29, 1.82) is 0 Å². The summed E-state index contributed by atoms with van der Waals surface area (Å²) < 4.78 is 0. The Kier molecular flexibility index (Phi) is 4.80. The van der Waals surface area contributed by atoms with Crippen molar-refractivity contribution in [2.75, 3.05) is 13.1 Å². The normalized spacial score (nSPS) is 29.7. The number of aliphatic hydroxyl groups is 1. The molecule has 4 heteroatoms. The lowest BCUT2D eigenvalue weighted by molar-refractivity contribution is -0.122. The first-order chi connectivity index (χ1) is 8.25. The van der Waals surface area contributed by atoms with E-state index in [2.05, 4.69) is 10.6 Å². The van der Waals surface area contributed by atoms with Crippen molar-refractivity contribution in [3.05, 3.63) is 0 Å². The van der Waals surface area contributed by atoms with Crippen LogP contribution in [0.4, 0.5) is 0 Å². The van der Waals surface area contributed by atoms with E-state index in [1.54, 1.807) is 0 Å². The SMILES string of the molecule is O=C(NCCCC1CCCC1)C1CC(O)CN1. The minimum atomic E-state index is -0.357. The van der Waals surface area contributed by atoms with Gasteiger partial charge in [-0.2, -0.15) is 0 Å². The van der Waals surface area contributed by atoms with Crippen LogP contribution in [0.1, 0.15) is 44.9 Å². The highest BCUT2D eigenvalue weighted by Crippen LogP contribution is 2.28. The van der Waals surface area contributed by atoms with Crippen LogP contribution in [0.25, 0.3) is 0 Å². The number of rotatable bonds is 5. The third-order valence-corrected chi connectivity index (χ3v) is 3.99. The molecule has 2 atom stereocenters. The van der Waals surface area contributed by atoms with Crippen molar-refractivity contribution in [2.45, 2.75) is 57.1 Å². The van der Waals surface area contributed by atoms with Gasteiger partial charge in [0, 0.05) is 13.1 Å². The summed E-state index contributed by atoms with van der Waals surface area (Å²) in [6, 6.07) is -0.184. The smallest absolute Gasteiger partial charge is 0.237 e. The first kappa shape index (κ1) is 12.8. The third-order valence-electron chi connectivity index (χ3n) is 3.99. The van der Waals surface area contributed by atoms with E-state index in [1.807, 2.05) is 0 Å². The molecular weight excluding hydrogens is 216 g/mol. The molecule has 2 aliphatic rings. The molecular formula is C13H24N2O2. The molecule has 2 rings (SSSR count). The summed E-state index contributed by atoms with van der Waals surface area (Å²) >= 11 is 0. The molecule has 0 aromatic rings. The highest BCUT2D eigenvalue weighted by molar-refractivity contribution is 5.82. The quantitative estimate of drug-likeness (QED) is 0.623. The molecule has 0 aromatic heterocycles. The second-order valence-corrected chi connectivity index (χ2v) is 5.43. The zero-order chi connectivity index (χ0) is 12.1. The van der Waals surface area contributed by atoms with E-state index in [0.29, 0.717) is 13.0 Å². The summed E-state index contributed by atoms with van der Waals surface area (Å²) in [7, 11) is 0. The molecule has 1 saturated heterocycles. The van der Waals surface area contributed by atoms with Crippen LogP contribution in [0.15, 0.2) is 0 Å². The monoisotopic (exact) mass is 240 g/mol. The Bertz CT molecular complexity index is 252. The average molecular weight is 240 g/mol. The molecule has 0 bridgehead atoms. The summed E-state index contributed by atoms with van der Waals surface area (Å²) in [4.78, 5) is 11.7. The fourth-order valence-corrected chi connectivity index (χ4v) is 2.94. The van der Waals surface area contributed by atoms with Crippen LogP contribution in [0.2, 0.25) is 0 Å². The van der Waals surface area contributed by atoms with E-state index in [4.69, 9.17) is 0 Å². The number of amides is 1. The van der Waals surface area contributed by atoms with Gasteiger partial charge in [0.25, 0.3) is 0 Å². The van der Waals surface area contributed by atoms with Gasteiger partial charge in [-0.25, -0.2) is 0 Å². The van der Waals surface area contributed by atoms with Crippen LogP contribution in [0.3, 0.4) is 0 Å². The lowest BCUT2D eigenvalue weighted by Gasteiger charge is -2.12. The molecule has 1 heterocycles. The highest BCUT2D eigenvalue weighted by atomic mass is 16.3. The second-order valence-electron chi connectivity index (χ2n) is 5.43. The highest BCUT2D eigenvalue weighted by Gasteiger charge is 2.27. The summed E-state index contributed by atoms with van der Waals surface area (Å²) in [5, 5.41) is 15.3. The Hall–Kier alpha value is -0.610. The lowest BCUT2D eigenvalue weighted by atomic mass is 10.0. The van der Waals surface area contributed by atoms with Crippen LogP contribution < -0.4 is 10.6 Å². The predicted molar refractivity (Wildman–Crippen MR) is 66.6 cm³/mol. The molecule has 0 spiro atoms. The fourth-order valence-electron chi connectivity index (χ4n) is 2.94. The van der Waals surface area contributed by atoms with Crippen molar-refractivity contribution >= 4 is 5.91 Å². The van der Waals surface area contributed by atoms with Gasteiger partial charge in [-0.15, -0.1) is 0 Å². The van der Waals surface area contributed by atoms with Crippen molar-refractivity contribution in [2.24, 2.45) is 5.92 Å². The number of hydrogen-bond donors (Lipinski definition) is 3. The number of aliphatic hydroxyl groups excluding tert-OH is 1. The Morgan fingerprint density at radius 3 is 2.76 bits per heavy atom. The Labute approximate surface area is 103 Å². The summed E-state index contributed by atoms with van der Waals surface area (Å²) in [5.74, 6) is 0.950. The topological polar surface area (TPSA) is 61.4 Å². The molecule has 17 heavy (non-hydrogen) atoms. The predicted octanol–water partition coefficient (Wildman–Crippen LogP) is 0.796. The number of carbonyl (C=O) groups is 1. The maximum atomic E-state index is 11.7. The van der Waals surface area contributed by atoms with Gasteiger partial charge in [0.15, 0.2) is 0 Å². The fraction of sp³-hybridized carbons (Fsp3) is 0.923. The van der Waals surface area contributed by atoms with Gasteiger partial charge in [-0.3, -0.25) is 4.79 Å². The van der Waals surface area contributed by atoms with Crippen LogP contribution in [-0.4, -0.2) is 36.2 Å². The lowest BCUT2D eigenvalue weighted by Crippen LogP contribution is -2.40. The molecule has 1 aliphatic carbocycles. The van der Waals surface area contributed by atoms with E-state index >= 15 is 0 Å². The van der Waals surface area contributed by atoms with Crippen LogP contribution in [0, 0.1) is 5.92 Å². The minimum absolute atomic E-state index is 0.0490. The molecule has 1 amide bonds. The Morgan fingerprint density at radius 1 is 1.35 bits per heavy atom. The van der Waals surface area contributed by atoms with Crippen molar-refractivity contribution < 1.29 is 9.90 Å². The summed E-state index contributed by atoms with van der Waals surface area (Å²) in [6.45, 7) is 1.32. The first-order valence-corrected chi connectivity index (χ1v) is 6.95. The number of carbonyl (C=O) groups excluding carboxylic acids is 1. The van der Waals surface area contributed by atoms with Crippen molar-refractivity contribution in [3.63, 3.8) is 0 Å². The Balaban J connectivity index is 1.53. The van der Waals surface area contributed by atoms with E-state index < -0.39 is 0 Å². The van der Waals surface area contributed by atoms with Gasteiger partial charge < -0.3 is 15.7 Å². The standard InChI is InChI=1S/C13H24N2O2/c16-11-8-12(15-9-11)13(17)14-7-3-6-10-4-1-2-5-10/h10-12,15-16H,1-9H2,(H,14,17). The molecule has 98 valence electrons. The zero-order valence-electron chi connectivity index (χ0n) is 10.5. The van der Waals surface area contributed by atoms with E-state index in [0.717, 1.165) is 18.9 Å². The van der Waals surface area contributed by atoms with Gasteiger partial charge in [0.2, 0.25) is 5.91 Å². The molecule has 0 radical (unpaired) electrons. The molecule has 2 unspecified atom stereocenters. The number of nitrogens with one attached hydrogen (secondary N) is 2. The van der Waals surface area contributed by atoms with Gasteiger partial charge >= 0.3 is 0 Å². The van der Waals surface area contributed by atoms with Gasteiger partial charge in [-0.1, -0.05) is 25.7 Å². The van der Waals surface area contributed by atoms with Gasteiger partial charge in [0.1, 0.15) is 0 Å². The molecule has 3 N–H and O–H groups in total. The summed E-state index contributed by atoms with van der Waals surface area (Å²) in [5.41, 5.74) is 0. The van der Waals surface area contributed by atoms with Crippen molar-refractivity contribution in [1.82, 2.24) is 10.6 Å². The minimum Gasteiger partial charge on any atom is -0.392 e. The van der Waals surface area contributed by atoms with Crippen LogP contribution in [0.5, 0.6) is 0 Å². The van der Waals surface area contributed by atoms with Gasteiger partial charge in [-0.05, 0) is 25.2 Å².